The van der Waals surface area contributed by atoms with Gasteiger partial charge in [-0.2, -0.15) is 0 Å². The fraction of sp³-hybridized carbons (Fsp3) is 0. The minimum Gasteiger partial charge on any atom is -0.456 e. The van der Waals surface area contributed by atoms with Crippen molar-refractivity contribution in [1.29, 1.82) is 0 Å². The molecule has 10 aromatic rings. The van der Waals surface area contributed by atoms with Crippen molar-refractivity contribution in [2.75, 3.05) is 0 Å². The van der Waals surface area contributed by atoms with Crippen molar-refractivity contribution in [1.82, 2.24) is 9.97 Å². The van der Waals surface area contributed by atoms with Crippen LogP contribution in [-0.4, -0.2) is 9.97 Å². The van der Waals surface area contributed by atoms with Crippen LogP contribution in [0.3, 0.4) is 0 Å². The van der Waals surface area contributed by atoms with Gasteiger partial charge in [0.1, 0.15) is 11.2 Å². The number of fused-ring (bicyclic) bond motifs is 7. The Morgan fingerprint density at radius 2 is 1.12 bits per heavy atom. The van der Waals surface area contributed by atoms with E-state index < -0.39 is 0 Å². The van der Waals surface area contributed by atoms with E-state index in [-0.39, 0.29) is 0 Å². The van der Waals surface area contributed by atoms with E-state index in [1.807, 2.05) is 18.2 Å². The topological polar surface area (TPSA) is 38.9 Å². The molecule has 0 saturated heterocycles. The second-order valence-electron chi connectivity index (χ2n) is 12.1. The fourth-order valence-corrected chi connectivity index (χ4v) is 8.15. The third-order valence-electron chi connectivity index (χ3n) is 9.33. The standard InChI is InChI=1S/C44H26N2OS/c1-2-10-27(11-3-1)28-20-22-29(23-21-28)31-24-25-37-36(26-31)40-35(17-9-18-38(40)47-37)44-45-41(33-16-8-13-30-12-4-5-14-32(30)33)43-42(46-44)34-15-6-7-19-39(34)48-43/h1-26H. The van der Waals surface area contributed by atoms with Gasteiger partial charge in [0.15, 0.2) is 5.82 Å². The minimum atomic E-state index is 0.694. The first-order valence-corrected chi connectivity index (χ1v) is 16.9. The van der Waals surface area contributed by atoms with Crippen LogP contribution < -0.4 is 0 Å². The van der Waals surface area contributed by atoms with Gasteiger partial charge in [0.05, 0.1) is 15.9 Å². The smallest absolute Gasteiger partial charge is 0.161 e. The number of hydrogen-bond acceptors (Lipinski definition) is 4. The Labute approximate surface area is 280 Å². The summed E-state index contributed by atoms with van der Waals surface area (Å²) in [7, 11) is 0. The zero-order chi connectivity index (χ0) is 31.6. The number of nitrogens with zero attached hydrogens (tertiary/aromatic N) is 2. The summed E-state index contributed by atoms with van der Waals surface area (Å²) in [5, 5.41) is 5.59. The van der Waals surface area contributed by atoms with E-state index >= 15 is 0 Å². The summed E-state index contributed by atoms with van der Waals surface area (Å²) in [6.45, 7) is 0. The summed E-state index contributed by atoms with van der Waals surface area (Å²) >= 11 is 1.76. The Bertz CT molecular complexity index is 2830. The van der Waals surface area contributed by atoms with Crippen molar-refractivity contribution < 1.29 is 4.42 Å². The maximum absolute atomic E-state index is 6.44. The molecule has 0 radical (unpaired) electrons. The Balaban J connectivity index is 1.20. The van der Waals surface area contributed by atoms with Crippen LogP contribution in [0.5, 0.6) is 0 Å². The van der Waals surface area contributed by atoms with Gasteiger partial charge in [-0.3, -0.25) is 0 Å². The summed E-state index contributed by atoms with van der Waals surface area (Å²) in [6, 6.07) is 55.4. The molecular formula is C44H26N2OS. The van der Waals surface area contributed by atoms with E-state index in [0.717, 1.165) is 65.5 Å². The van der Waals surface area contributed by atoms with E-state index in [9.17, 15) is 0 Å². The quantitative estimate of drug-likeness (QED) is 0.194. The normalized spacial score (nSPS) is 11.8. The van der Waals surface area contributed by atoms with Crippen molar-refractivity contribution in [2.24, 2.45) is 0 Å². The van der Waals surface area contributed by atoms with Crippen LogP contribution in [0.4, 0.5) is 0 Å². The highest BCUT2D eigenvalue weighted by Crippen LogP contribution is 2.43. The molecule has 7 aromatic carbocycles. The molecule has 3 aromatic heterocycles. The lowest BCUT2D eigenvalue weighted by molar-refractivity contribution is 0.669. The summed E-state index contributed by atoms with van der Waals surface area (Å²) in [5.74, 6) is 0.694. The second kappa shape index (κ2) is 10.7. The molecule has 0 saturated carbocycles. The van der Waals surface area contributed by atoms with Gasteiger partial charge >= 0.3 is 0 Å². The molecule has 0 bridgehead atoms. The molecule has 0 spiro atoms. The molecular weight excluding hydrogens is 605 g/mol. The van der Waals surface area contributed by atoms with Gasteiger partial charge in [-0.25, -0.2) is 9.97 Å². The second-order valence-corrected chi connectivity index (χ2v) is 13.2. The van der Waals surface area contributed by atoms with Crippen LogP contribution in [0.2, 0.25) is 0 Å². The van der Waals surface area contributed by atoms with Crippen molar-refractivity contribution in [3.63, 3.8) is 0 Å². The maximum Gasteiger partial charge on any atom is 0.161 e. The molecule has 0 N–H and O–H groups in total. The fourth-order valence-electron chi connectivity index (χ4n) is 7.00. The number of thiophene rings is 1. The first kappa shape index (κ1) is 27.1. The van der Waals surface area contributed by atoms with E-state index in [1.165, 1.54) is 26.6 Å². The molecule has 4 heteroatoms. The molecule has 0 atom stereocenters. The average Bonchev–Trinajstić information content (AvgIpc) is 3.73. The summed E-state index contributed by atoms with van der Waals surface area (Å²) < 4.78 is 8.75. The Morgan fingerprint density at radius 1 is 0.458 bits per heavy atom. The van der Waals surface area contributed by atoms with Crippen LogP contribution in [0.15, 0.2) is 162 Å². The minimum absolute atomic E-state index is 0.694. The summed E-state index contributed by atoms with van der Waals surface area (Å²) in [5.41, 5.74) is 10.4. The van der Waals surface area contributed by atoms with E-state index in [0.29, 0.717) is 5.82 Å². The largest absolute Gasteiger partial charge is 0.456 e. The summed E-state index contributed by atoms with van der Waals surface area (Å²) in [6.07, 6.45) is 0. The molecule has 0 aliphatic heterocycles. The predicted molar refractivity (Wildman–Crippen MR) is 201 cm³/mol. The van der Waals surface area contributed by atoms with E-state index in [1.54, 1.807) is 11.3 Å². The number of hydrogen-bond donors (Lipinski definition) is 0. The highest BCUT2D eigenvalue weighted by molar-refractivity contribution is 7.26. The predicted octanol–water partition coefficient (Wildman–Crippen LogP) is 12.6. The molecule has 0 fully saturated rings. The van der Waals surface area contributed by atoms with Crippen LogP contribution in [0, 0.1) is 0 Å². The van der Waals surface area contributed by atoms with Crippen molar-refractivity contribution in [2.45, 2.75) is 0 Å². The van der Waals surface area contributed by atoms with Crippen molar-refractivity contribution >= 4 is 64.4 Å². The maximum atomic E-state index is 6.44. The van der Waals surface area contributed by atoms with Gasteiger partial charge in [-0.05, 0) is 57.3 Å². The number of rotatable bonds is 4. The molecule has 0 aliphatic carbocycles. The highest BCUT2D eigenvalue weighted by atomic mass is 32.1. The van der Waals surface area contributed by atoms with Gasteiger partial charge in [-0.1, -0.05) is 133 Å². The van der Waals surface area contributed by atoms with Gasteiger partial charge in [0.25, 0.3) is 0 Å². The number of benzene rings is 7. The zero-order valence-corrected chi connectivity index (χ0v) is 26.5. The number of furan rings is 1. The Hall–Kier alpha value is -6.10. The van der Waals surface area contributed by atoms with Crippen LogP contribution in [0.25, 0.3) is 97.9 Å². The molecule has 0 amide bonds. The lowest BCUT2D eigenvalue weighted by atomic mass is 9.98. The first-order chi connectivity index (χ1) is 23.8. The Kier molecular flexibility index (Phi) is 6.05. The summed E-state index contributed by atoms with van der Waals surface area (Å²) in [4.78, 5) is 10.7. The molecule has 3 heterocycles. The van der Waals surface area contributed by atoms with E-state index in [4.69, 9.17) is 14.4 Å². The lowest BCUT2D eigenvalue weighted by Crippen LogP contribution is -1.94. The van der Waals surface area contributed by atoms with Gasteiger partial charge in [0.2, 0.25) is 0 Å². The van der Waals surface area contributed by atoms with Crippen LogP contribution in [0.1, 0.15) is 0 Å². The first-order valence-electron chi connectivity index (χ1n) is 16.1. The highest BCUT2D eigenvalue weighted by Gasteiger charge is 2.21. The molecule has 3 nitrogen and oxygen atoms in total. The van der Waals surface area contributed by atoms with Crippen LogP contribution >= 0.6 is 11.3 Å². The van der Waals surface area contributed by atoms with Gasteiger partial charge < -0.3 is 4.42 Å². The van der Waals surface area contributed by atoms with Crippen LogP contribution in [-0.2, 0) is 0 Å². The zero-order valence-electron chi connectivity index (χ0n) is 25.7. The van der Waals surface area contributed by atoms with Crippen molar-refractivity contribution in [3.05, 3.63) is 158 Å². The SMILES string of the molecule is c1ccc(-c2ccc(-c3ccc4oc5cccc(-c6nc(-c7cccc8ccccc78)c7sc8ccccc8c7n6)c5c4c3)cc2)cc1. The average molecular weight is 631 g/mol. The van der Waals surface area contributed by atoms with Gasteiger partial charge in [-0.15, -0.1) is 11.3 Å². The molecule has 0 unspecified atom stereocenters. The molecule has 0 aliphatic rings. The lowest BCUT2D eigenvalue weighted by Gasteiger charge is -2.10. The molecule has 48 heavy (non-hydrogen) atoms. The Morgan fingerprint density at radius 3 is 2.00 bits per heavy atom. The molecule has 224 valence electrons. The third kappa shape index (κ3) is 4.27. The number of aromatic nitrogens is 2. The van der Waals surface area contributed by atoms with E-state index in [2.05, 4.69) is 140 Å². The van der Waals surface area contributed by atoms with Gasteiger partial charge in [0, 0.05) is 32.0 Å². The van der Waals surface area contributed by atoms with Crippen molar-refractivity contribution in [3.8, 4) is 44.9 Å². The third-order valence-corrected chi connectivity index (χ3v) is 10.5. The molecule has 10 rings (SSSR count). The monoisotopic (exact) mass is 630 g/mol.